The predicted octanol–water partition coefficient (Wildman–Crippen LogP) is 3.72. The highest BCUT2D eigenvalue weighted by atomic mass is 79.9. The highest BCUT2D eigenvalue weighted by Gasteiger charge is 2.24. The summed E-state index contributed by atoms with van der Waals surface area (Å²) in [6.45, 7) is 1.89. The van der Waals surface area contributed by atoms with Gasteiger partial charge in [0, 0.05) is 10.9 Å². The molecular formula is C16H14BrN3O. The number of rotatable bonds is 1. The summed E-state index contributed by atoms with van der Waals surface area (Å²) in [5.74, 6) is 0.193. The third-order valence-electron chi connectivity index (χ3n) is 3.82. The van der Waals surface area contributed by atoms with Gasteiger partial charge in [0.25, 0.3) is 0 Å². The van der Waals surface area contributed by atoms with Crippen molar-refractivity contribution in [2.75, 3.05) is 0 Å². The molecule has 0 unspecified atom stereocenters. The van der Waals surface area contributed by atoms with E-state index in [-0.39, 0.29) is 5.78 Å². The number of halogens is 1. The summed E-state index contributed by atoms with van der Waals surface area (Å²) < 4.78 is 2.59. The summed E-state index contributed by atoms with van der Waals surface area (Å²) >= 11 is 3.40. The van der Waals surface area contributed by atoms with Crippen molar-refractivity contribution in [3.63, 3.8) is 0 Å². The summed E-state index contributed by atoms with van der Waals surface area (Å²) in [6, 6.07) is 7.64. The number of aromatic nitrogens is 2. The quantitative estimate of drug-likeness (QED) is 0.741. The van der Waals surface area contributed by atoms with E-state index in [1.165, 1.54) is 0 Å². The van der Waals surface area contributed by atoms with E-state index < -0.39 is 0 Å². The Kier molecular flexibility index (Phi) is 3.64. The first-order valence-electron chi connectivity index (χ1n) is 6.93. The lowest BCUT2D eigenvalue weighted by Gasteiger charge is -2.08. The molecule has 0 fully saturated rings. The van der Waals surface area contributed by atoms with Gasteiger partial charge in [0.1, 0.15) is 6.07 Å². The number of nitrogens with zero attached hydrogens (tertiary/aromatic N) is 3. The zero-order valence-electron chi connectivity index (χ0n) is 11.7. The summed E-state index contributed by atoms with van der Waals surface area (Å²) in [4.78, 5) is 12.2. The number of ketones is 1. The van der Waals surface area contributed by atoms with Gasteiger partial charge in [-0.1, -0.05) is 0 Å². The fraction of sp³-hybridized carbons (Fsp3) is 0.312. The van der Waals surface area contributed by atoms with Gasteiger partial charge in [-0.15, -0.1) is 0 Å². The molecule has 0 N–H and O–H groups in total. The second-order valence-corrected chi connectivity index (χ2v) is 6.08. The number of carbonyl (C=O) groups excluding carboxylic acids is 1. The van der Waals surface area contributed by atoms with Crippen LogP contribution in [0.15, 0.2) is 22.7 Å². The lowest BCUT2D eigenvalue weighted by Crippen LogP contribution is -2.04. The number of aryl methyl sites for hydroxylation is 1. The Labute approximate surface area is 131 Å². The van der Waals surface area contributed by atoms with Gasteiger partial charge in [-0.3, -0.25) is 4.79 Å². The van der Waals surface area contributed by atoms with E-state index in [9.17, 15) is 4.79 Å². The van der Waals surface area contributed by atoms with Gasteiger partial charge in [-0.25, -0.2) is 4.68 Å². The first-order chi connectivity index (χ1) is 10.1. The normalized spacial score (nSPS) is 14.4. The summed E-state index contributed by atoms with van der Waals surface area (Å²) in [6.07, 6.45) is 3.40. The molecule has 0 saturated heterocycles. The maximum atomic E-state index is 12.2. The van der Waals surface area contributed by atoms with Crippen LogP contribution in [0.4, 0.5) is 0 Å². The second-order valence-electron chi connectivity index (χ2n) is 5.23. The average Bonchev–Trinajstić information content (AvgIpc) is 2.67. The Balaban J connectivity index is 2.16. The van der Waals surface area contributed by atoms with Crippen LogP contribution >= 0.6 is 15.9 Å². The number of nitriles is 1. The minimum Gasteiger partial charge on any atom is -0.294 e. The van der Waals surface area contributed by atoms with Crippen LogP contribution in [0, 0.1) is 18.3 Å². The Morgan fingerprint density at radius 3 is 2.81 bits per heavy atom. The number of fused-ring (bicyclic) bond motifs is 1. The summed E-state index contributed by atoms with van der Waals surface area (Å²) in [5.41, 5.74) is 4.03. The molecule has 1 aliphatic rings. The molecule has 106 valence electrons. The third-order valence-corrected chi connectivity index (χ3v) is 4.48. The van der Waals surface area contributed by atoms with E-state index in [2.05, 4.69) is 27.1 Å². The number of carbonyl (C=O) groups is 1. The lowest BCUT2D eigenvalue weighted by atomic mass is 10.1. The molecule has 0 radical (unpaired) electrons. The molecule has 4 nitrogen and oxygen atoms in total. The first-order valence-corrected chi connectivity index (χ1v) is 7.73. The van der Waals surface area contributed by atoms with Gasteiger partial charge < -0.3 is 0 Å². The van der Waals surface area contributed by atoms with Crippen LogP contribution in [0.25, 0.3) is 5.69 Å². The zero-order valence-corrected chi connectivity index (χ0v) is 13.3. The van der Waals surface area contributed by atoms with Crippen molar-refractivity contribution in [1.82, 2.24) is 9.78 Å². The van der Waals surface area contributed by atoms with Crippen molar-refractivity contribution >= 4 is 21.7 Å². The summed E-state index contributed by atoms with van der Waals surface area (Å²) in [5, 5.41) is 13.5. The number of hydrogen-bond acceptors (Lipinski definition) is 3. The van der Waals surface area contributed by atoms with Crippen LogP contribution in [-0.4, -0.2) is 15.6 Å². The van der Waals surface area contributed by atoms with Crippen molar-refractivity contribution in [3.8, 4) is 11.8 Å². The maximum absolute atomic E-state index is 12.2. The molecule has 1 aliphatic carbocycles. The smallest absolute Gasteiger partial charge is 0.166 e. The zero-order chi connectivity index (χ0) is 15.0. The van der Waals surface area contributed by atoms with Crippen LogP contribution < -0.4 is 0 Å². The van der Waals surface area contributed by atoms with E-state index >= 15 is 0 Å². The molecule has 0 atom stereocenters. The average molecular weight is 344 g/mol. The van der Waals surface area contributed by atoms with Crippen LogP contribution in [0.3, 0.4) is 0 Å². The van der Waals surface area contributed by atoms with Gasteiger partial charge >= 0.3 is 0 Å². The fourth-order valence-corrected chi connectivity index (χ4v) is 3.27. The number of Topliss-reactive ketones (excluding diaryl/α,β-unsaturated/α-hetero) is 1. The highest BCUT2D eigenvalue weighted by molar-refractivity contribution is 9.10. The van der Waals surface area contributed by atoms with Crippen molar-refractivity contribution in [3.05, 3.63) is 45.2 Å². The monoisotopic (exact) mass is 343 g/mol. The Morgan fingerprint density at radius 1 is 1.33 bits per heavy atom. The van der Waals surface area contributed by atoms with E-state index in [0.717, 1.165) is 46.4 Å². The van der Waals surface area contributed by atoms with E-state index in [4.69, 9.17) is 5.26 Å². The fourth-order valence-electron chi connectivity index (χ4n) is 2.81. The Morgan fingerprint density at radius 2 is 2.10 bits per heavy atom. The molecule has 0 amide bonds. The number of hydrogen-bond donors (Lipinski definition) is 0. The molecule has 2 aromatic rings. The van der Waals surface area contributed by atoms with Crippen molar-refractivity contribution in [1.29, 1.82) is 5.26 Å². The van der Waals surface area contributed by atoms with Crippen molar-refractivity contribution < 1.29 is 4.79 Å². The molecule has 0 saturated carbocycles. The van der Waals surface area contributed by atoms with E-state index in [1.54, 1.807) is 6.07 Å². The molecule has 1 aromatic heterocycles. The lowest BCUT2D eigenvalue weighted by molar-refractivity contribution is 0.0981. The topological polar surface area (TPSA) is 58.7 Å². The minimum atomic E-state index is 0.193. The van der Waals surface area contributed by atoms with E-state index in [1.807, 2.05) is 23.7 Å². The van der Waals surface area contributed by atoms with Crippen LogP contribution in [-0.2, 0) is 6.42 Å². The van der Waals surface area contributed by atoms with Crippen molar-refractivity contribution in [2.45, 2.75) is 32.6 Å². The molecule has 3 rings (SSSR count). The number of benzene rings is 1. The maximum Gasteiger partial charge on any atom is 0.166 e. The molecule has 0 aliphatic heterocycles. The third kappa shape index (κ3) is 2.40. The molecule has 21 heavy (non-hydrogen) atoms. The largest absolute Gasteiger partial charge is 0.294 e. The molecule has 1 heterocycles. The minimum absolute atomic E-state index is 0.193. The first kappa shape index (κ1) is 14.0. The van der Waals surface area contributed by atoms with Crippen molar-refractivity contribution in [2.24, 2.45) is 0 Å². The Bertz CT molecular complexity index is 771. The van der Waals surface area contributed by atoms with Crippen LogP contribution in [0.1, 0.15) is 46.6 Å². The van der Waals surface area contributed by atoms with Crippen LogP contribution in [0.2, 0.25) is 0 Å². The summed E-state index contributed by atoms with van der Waals surface area (Å²) in [7, 11) is 0. The molecule has 5 heteroatoms. The molecule has 0 bridgehead atoms. The molecular weight excluding hydrogens is 330 g/mol. The van der Waals surface area contributed by atoms with Crippen LogP contribution in [0.5, 0.6) is 0 Å². The standard InChI is InChI=1S/C16H14BrN3O/c1-10-16-14(4-2-3-5-15(16)21)20(19-10)12-7-6-11(9-18)13(17)8-12/h6-8H,2-5H2,1H3. The SMILES string of the molecule is Cc1nn(-c2ccc(C#N)c(Br)c2)c2c1C(=O)CCCC2. The van der Waals surface area contributed by atoms with Gasteiger partial charge in [-0.2, -0.15) is 10.4 Å². The molecule has 1 aromatic carbocycles. The highest BCUT2D eigenvalue weighted by Crippen LogP contribution is 2.27. The van der Waals surface area contributed by atoms with Gasteiger partial charge in [0.05, 0.1) is 28.2 Å². The molecule has 0 spiro atoms. The second kappa shape index (κ2) is 5.45. The van der Waals surface area contributed by atoms with Gasteiger partial charge in [-0.05, 0) is 60.3 Å². The predicted molar refractivity (Wildman–Crippen MR) is 82.6 cm³/mol. The van der Waals surface area contributed by atoms with E-state index in [0.29, 0.717) is 12.0 Å². The van der Waals surface area contributed by atoms with Gasteiger partial charge in [0.2, 0.25) is 0 Å². The van der Waals surface area contributed by atoms with Gasteiger partial charge in [0.15, 0.2) is 5.78 Å². The Hall–Kier alpha value is -1.93.